The third-order valence-electron chi connectivity index (χ3n) is 4.11. The molecule has 0 saturated heterocycles. The first-order chi connectivity index (χ1) is 10.1. The molecule has 4 nitrogen and oxygen atoms in total. The van der Waals surface area contributed by atoms with Crippen molar-refractivity contribution in [1.82, 2.24) is 15.3 Å². The molecule has 110 valence electrons. The maximum absolute atomic E-state index is 12.4. The molecule has 1 heterocycles. The number of carbonyl (C=O) groups is 1. The quantitative estimate of drug-likeness (QED) is 0.886. The molecular formula is C17H21N3O. The van der Waals surface area contributed by atoms with Crippen LogP contribution in [0.15, 0.2) is 36.7 Å². The van der Waals surface area contributed by atoms with Crippen LogP contribution in [0.5, 0.6) is 0 Å². The molecule has 1 aromatic heterocycles. The van der Waals surface area contributed by atoms with Crippen LogP contribution in [0.3, 0.4) is 0 Å². The molecule has 2 N–H and O–H groups in total. The van der Waals surface area contributed by atoms with Gasteiger partial charge in [-0.3, -0.25) is 4.79 Å². The zero-order valence-electron chi connectivity index (χ0n) is 12.5. The Bertz CT molecular complexity index is 627. The molecule has 2 aromatic rings. The highest BCUT2D eigenvalue weighted by molar-refractivity contribution is 5.80. The number of carbonyl (C=O) groups excluding carboxylic acids is 1. The van der Waals surface area contributed by atoms with E-state index in [2.05, 4.69) is 35.2 Å². The summed E-state index contributed by atoms with van der Waals surface area (Å²) in [6.07, 6.45) is 5.87. The summed E-state index contributed by atoms with van der Waals surface area (Å²) in [5, 5.41) is 3.15. The van der Waals surface area contributed by atoms with Gasteiger partial charge in [-0.05, 0) is 29.9 Å². The number of aromatic amines is 1. The first kappa shape index (κ1) is 13.9. The monoisotopic (exact) mass is 283 g/mol. The van der Waals surface area contributed by atoms with E-state index in [1.807, 2.05) is 18.2 Å². The van der Waals surface area contributed by atoms with Gasteiger partial charge in [-0.1, -0.05) is 38.1 Å². The summed E-state index contributed by atoms with van der Waals surface area (Å²) in [4.78, 5) is 19.8. The molecule has 0 unspecified atom stereocenters. The van der Waals surface area contributed by atoms with Gasteiger partial charge in [-0.15, -0.1) is 0 Å². The number of imidazole rings is 1. The van der Waals surface area contributed by atoms with Gasteiger partial charge in [0.15, 0.2) is 0 Å². The van der Waals surface area contributed by atoms with Crippen LogP contribution in [0.2, 0.25) is 0 Å². The Morgan fingerprint density at radius 2 is 2.14 bits per heavy atom. The van der Waals surface area contributed by atoms with Crippen LogP contribution in [0.4, 0.5) is 0 Å². The molecular weight excluding hydrogens is 262 g/mol. The maximum atomic E-state index is 12.4. The van der Waals surface area contributed by atoms with Gasteiger partial charge in [0, 0.05) is 12.4 Å². The Kier molecular flexibility index (Phi) is 3.53. The fourth-order valence-electron chi connectivity index (χ4n) is 2.82. The average Bonchev–Trinajstić information content (AvgIpc) is 3.02. The van der Waals surface area contributed by atoms with Gasteiger partial charge >= 0.3 is 0 Å². The molecule has 0 spiro atoms. The second kappa shape index (κ2) is 5.35. The van der Waals surface area contributed by atoms with E-state index in [1.54, 1.807) is 12.4 Å². The highest BCUT2D eigenvalue weighted by Gasteiger charge is 2.47. The van der Waals surface area contributed by atoms with Crippen molar-refractivity contribution < 1.29 is 4.79 Å². The fraction of sp³-hybridized carbons (Fsp3) is 0.412. The van der Waals surface area contributed by atoms with E-state index in [0.29, 0.717) is 12.3 Å². The lowest BCUT2D eigenvalue weighted by Gasteiger charge is -2.17. The van der Waals surface area contributed by atoms with Crippen LogP contribution in [-0.4, -0.2) is 15.9 Å². The number of rotatable bonds is 5. The van der Waals surface area contributed by atoms with E-state index in [1.165, 1.54) is 5.56 Å². The molecule has 1 amide bonds. The summed E-state index contributed by atoms with van der Waals surface area (Å²) in [5.41, 5.74) is 2.10. The number of H-pyrrole nitrogens is 1. The van der Waals surface area contributed by atoms with Gasteiger partial charge in [0.2, 0.25) is 5.91 Å². The van der Waals surface area contributed by atoms with Gasteiger partial charge in [-0.25, -0.2) is 4.98 Å². The summed E-state index contributed by atoms with van der Waals surface area (Å²) in [7, 11) is 0. The Labute approximate surface area is 125 Å². The Hall–Kier alpha value is -2.10. The highest BCUT2D eigenvalue weighted by atomic mass is 16.1. The smallest absolute Gasteiger partial charge is 0.225 e. The topological polar surface area (TPSA) is 57.8 Å². The van der Waals surface area contributed by atoms with E-state index < -0.39 is 0 Å². The molecule has 0 bridgehead atoms. The minimum absolute atomic E-state index is 0.0667. The van der Waals surface area contributed by atoms with Gasteiger partial charge < -0.3 is 10.3 Å². The molecule has 1 fully saturated rings. The predicted molar refractivity (Wildman–Crippen MR) is 81.9 cm³/mol. The number of nitrogens with one attached hydrogen (secondary N) is 2. The average molecular weight is 283 g/mol. The zero-order chi connectivity index (χ0) is 14.9. The van der Waals surface area contributed by atoms with E-state index >= 15 is 0 Å². The molecule has 1 aromatic carbocycles. The molecule has 21 heavy (non-hydrogen) atoms. The summed E-state index contributed by atoms with van der Waals surface area (Å²) in [6, 6.07) is 8.17. The molecule has 3 rings (SSSR count). The van der Waals surface area contributed by atoms with Gasteiger partial charge in [-0.2, -0.15) is 0 Å². The number of benzene rings is 1. The molecule has 0 atom stereocenters. The number of nitrogens with zero attached hydrogens (tertiary/aromatic N) is 1. The first-order valence-electron chi connectivity index (χ1n) is 7.49. The van der Waals surface area contributed by atoms with Crippen molar-refractivity contribution in [2.75, 3.05) is 0 Å². The summed E-state index contributed by atoms with van der Waals surface area (Å²) < 4.78 is 0. The Morgan fingerprint density at radius 1 is 1.38 bits per heavy atom. The minimum atomic E-state index is -0.257. The second-order valence-electron chi connectivity index (χ2n) is 6.10. The Morgan fingerprint density at radius 3 is 2.76 bits per heavy atom. The lowest BCUT2D eigenvalue weighted by atomic mass is 9.95. The van der Waals surface area contributed by atoms with Crippen LogP contribution in [0.25, 0.3) is 0 Å². The fourth-order valence-corrected chi connectivity index (χ4v) is 2.82. The van der Waals surface area contributed by atoms with Crippen LogP contribution in [-0.2, 0) is 16.8 Å². The van der Waals surface area contributed by atoms with Crippen LogP contribution >= 0.6 is 0 Å². The van der Waals surface area contributed by atoms with Crippen LogP contribution in [0, 0.1) is 0 Å². The number of amides is 1. The van der Waals surface area contributed by atoms with E-state index in [-0.39, 0.29) is 11.4 Å². The molecule has 0 radical (unpaired) electrons. The minimum Gasteiger partial charge on any atom is -0.347 e. The molecule has 4 heteroatoms. The summed E-state index contributed by atoms with van der Waals surface area (Å²) in [5.74, 6) is 1.36. The standard InChI is InChI=1S/C17H21N3O/c1-12(2)14-6-4-3-5-13(14)11-15(21)20-17(7-8-17)16-18-9-10-19-16/h3-6,9-10,12H,7-8,11H2,1-2H3,(H,18,19)(H,20,21). The number of hydrogen-bond acceptors (Lipinski definition) is 2. The lowest BCUT2D eigenvalue weighted by Crippen LogP contribution is -2.36. The number of aromatic nitrogens is 2. The van der Waals surface area contributed by atoms with E-state index in [9.17, 15) is 4.79 Å². The normalized spacial score (nSPS) is 16.0. The second-order valence-corrected chi connectivity index (χ2v) is 6.10. The number of hydrogen-bond donors (Lipinski definition) is 2. The first-order valence-corrected chi connectivity index (χ1v) is 7.49. The Balaban J connectivity index is 1.71. The van der Waals surface area contributed by atoms with Crippen molar-refractivity contribution in [3.63, 3.8) is 0 Å². The molecule has 1 saturated carbocycles. The highest BCUT2D eigenvalue weighted by Crippen LogP contribution is 2.43. The SMILES string of the molecule is CC(C)c1ccccc1CC(=O)NC1(c2ncc[nH]2)CC1. The van der Waals surface area contributed by atoms with Crippen LogP contribution < -0.4 is 5.32 Å². The van der Waals surface area contributed by atoms with Gasteiger partial charge in [0.1, 0.15) is 5.82 Å². The summed E-state index contributed by atoms with van der Waals surface area (Å²) >= 11 is 0. The molecule has 1 aliphatic rings. The van der Waals surface area contributed by atoms with Crippen molar-refractivity contribution in [3.05, 3.63) is 53.6 Å². The third kappa shape index (κ3) is 2.84. The third-order valence-corrected chi connectivity index (χ3v) is 4.11. The van der Waals surface area contributed by atoms with Gasteiger partial charge in [0.25, 0.3) is 0 Å². The maximum Gasteiger partial charge on any atom is 0.225 e. The lowest BCUT2D eigenvalue weighted by molar-refractivity contribution is -0.121. The largest absolute Gasteiger partial charge is 0.347 e. The van der Waals surface area contributed by atoms with Gasteiger partial charge in [0.05, 0.1) is 12.0 Å². The molecule has 0 aliphatic heterocycles. The molecule has 1 aliphatic carbocycles. The zero-order valence-corrected chi connectivity index (χ0v) is 12.5. The summed E-state index contributed by atoms with van der Waals surface area (Å²) in [6.45, 7) is 4.31. The predicted octanol–water partition coefficient (Wildman–Crippen LogP) is 2.88. The van der Waals surface area contributed by atoms with Crippen molar-refractivity contribution in [3.8, 4) is 0 Å². The van der Waals surface area contributed by atoms with Crippen LogP contribution in [0.1, 0.15) is 49.6 Å². The van der Waals surface area contributed by atoms with E-state index in [4.69, 9.17) is 0 Å². The van der Waals surface area contributed by atoms with Crippen molar-refractivity contribution >= 4 is 5.91 Å². The van der Waals surface area contributed by atoms with Crippen molar-refractivity contribution in [1.29, 1.82) is 0 Å². The van der Waals surface area contributed by atoms with Crippen molar-refractivity contribution in [2.45, 2.75) is 44.6 Å². The van der Waals surface area contributed by atoms with Crippen molar-refractivity contribution in [2.24, 2.45) is 0 Å². The van der Waals surface area contributed by atoms with E-state index in [0.717, 1.165) is 24.2 Å².